The standard InChI is InChI=1S/C24H34N2O5S/c1-3-5-9-15-26(16-10-6-4-2)24(29)22(18-23(27)28)25-32(30,31)21-14-13-19-11-7-8-12-20(19)17-21/h7-8,11-14,17,22,25H,3-6,9-10,15-16,18H2,1-2H3,(H,27,28)/t22-/m1/s1. The highest BCUT2D eigenvalue weighted by Crippen LogP contribution is 2.20. The maximum Gasteiger partial charge on any atom is 0.305 e. The number of nitrogens with one attached hydrogen (secondary N) is 1. The second-order valence-electron chi connectivity index (χ2n) is 8.02. The minimum absolute atomic E-state index is 0.00269. The predicted molar refractivity (Wildman–Crippen MR) is 126 cm³/mol. The lowest BCUT2D eigenvalue weighted by atomic mass is 10.1. The number of unbranched alkanes of at least 4 members (excludes halogenated alkanes) is 4. The van der Waals surface area contributed by atoms with Gasteiger partial charge in [0, 0.05) is 13.1 Å². The van der Waals surface area contributed by atoms with Gasteiger partial charge in [0.1, 0.15) is 6.04 Å². The first-order valence-electron chi connectivity index (χ1n) is 11.3. The fourth-order valence-corrected chi connectivity index (χ4v) is 4.83. The van der Waals surface area contributed by atoms with Crippen LogP contribution in [0.3, 0.4) is 0 Å². The Kier molecular flexibility index (Phi) is 10.1. The summed E-state index contributed by atoms with van der Waals surface area (Å²) in [5.41, 5.74) is 0. The molecule has 8 heteroatoms. The van der Waals surface area contributed by atoms with E-state index in [1.54, 1.807) is 17.0 Å². The molecule has 2 aromatic carbocycles. The summed E-state index contributed by atoms with van der Waals surface area (Å²) in [7, 11) is -4.09. The fraction of sp³-hybridized carbons (Fsp3) is 0.500. The van der Waals surface area contributed by atoms with E-state index in [0.717, 1.165) is 49.3 Å². The van der Waals surface area contributed by atoms with Crippen molar-refractivity contribution < 1.29 is 23.1 Å². The molecule has 0 aliphatic heterocycles. The minimum Gasteiger partial charge on any atom is -0.481 e. The molecule has 0 aliphatic rings. The highest BCUT2D eigenvalue weighted by molar-refractivity contribution is 7.89. The number of carbonyl (C=O) groups excluding carboxylic acids is 1. The number of rotatable bonds is 14. The van der Waals surface area contributed by atoms with Crippen molar-refractivity contribution in [1.82, 2.24) is 9.62 Å². The Morgan fingerprint density at radius 2 is 1.53 bits per heavy atom. The summed E-state index contributed by atoms with van der Waals surface area (Å²) in [6, 6.07) is 10.7. The molecule has 2 N–H and O–H groups in total. The molecule has 0 heterocycles. The molecule has 2 aromatic rings. The summed E-state index contributed by atoms with van der Waals surface area (Å²) in [5, 5.41) is 11.0. The molecule has 32 heavy (non-hydrogen) atoms. The quantitative estimate of drug-likeness (QED) is 0.410. The van der Waals surface area contributed by atoms with Gasteiger partial charge in [-0.05, 0) is 35.7 Å². The molecule has 0 radical (unpaired) electrons. The summed E-state index contributed by atoms with van der Waals surface area (Å²) in [5.74, 6) is -1.71. The van der Waals surface area contributed by atoms with Crippen molar-refractivity contribution in [2.24, 2.45) is 0 Å². The summed E-state index contributed by atoms with van der Waals surface area (Å²) in [4.78, 5) is 26.3. The van der Waals surface area contributed by atoms with Crippen LogP contribution in [0.2, 0.25) is 0 Å². The van der Waals surface area contributed by atoms with Crippen LogP contribution in [-0.2, 0) is 19.6 Å². The third-order valence-electron chi connectivity index (χ3n) is 5.38. The Labute approximate surface area is 190 Å². The average molecular weight is 463 g/mol. The number of carboxylic acid groups (broad SMARTS) is 1. The third-order valence-corrected chi connectivity index (χ3v) is 6.85. The van der Waals surface area contributed by atoms with Crippen LogP contribution >= 0.6 is 0 Å². The monoisotopic (exact) mass is 462 g/mol. The first-order valence-corrected chi connectivity index (χ1v) is 12.8. The summed E-state index contributed by atoms with van der Waals surface area (Å²) in [6.07, 6.45) is 4.86. The number of nitrogens with zero attached hydrogens (tertiary/aromatic N) is 1. The fourth-order valence-electron chi connectivity index (χ4n) is 3.60. The van der Waals surface area contributed by atoms with Crippen molar-refractivity contribution in [3.05, 3.63) is 42.5 Å². The van der Waals surface area contributed by atoms with Gasteiger partial charge in [0.15, 0.2) is 0 Å². The maximum absolute atomic E-state index is 13.2. The molecule has 7 nitrogen and oxygen atoms in total. The molecule has 0 spiro atoms. The molecule has 2 rings (SSSR count). The van der Waals surface area contributed by atoms with E-state index in [-0.39, 0.29) is 4.90 Å². The Hall–Kier alpha value is -2.45. The number of benzene rings is 2. The second-order valence-corrected chi connectivity index (χ2v) is 9.73. The van der Waals surface area contributed by atoms with Gasteiger partial charge in [0.2, 0.25) is 15.9 Å². The van der Waals surface area contributed by atoms with Gasteiger partial charge in [-0.2, -0.15) is 4.72 Å². The summed E-state index contributed by atoms with van der Waals surface area (Å²) in [6.45, 7) is 5.11. The number of hydrogen-bond donors (Lipinski definition) is 2. The summed E-state index contributed by atoms with van der Waals surface area (Å²) >= 11 is 0. The van der Waals surface area contributed by atoms with Gasteiger partial charge in [-0.3, -0.25) is 9.59 Å². The van der Waals surface area contributed by atoms with Gasteiger partial charge in [-0.25, -0.2) is 8.42 Å². The van der Waals surface area contributed by atoms with Crippen molar-refractivity contribution in [3.63, 3.8) is 0 Å². The molecule has 1 amide bonds. The van der Waals surface area contributed by atoms with Crippen LogP contribution in [0, 0.1) is 0 Å². The molecule has 1 atom stereocenters. The maximum atomic E-state index is 13.2. The van der Waals surface area contributed by atoms with Gasteiger partial charge in [-0.15, -0.1) is 0 Å². The molecule has 0 unspecified atom stereocenters. The highest BCUT2D eigenvalue weighted by Gasteiger charge is 2.31. The number of hydrogen-bond acceptors (Lipinski definition) is 4. The molecule has 176 valence electrons. The van der Waals surface area contributed by atoms with Gasteiger partial charge >= 0.3 is 5.97 Å². The number of sulfonamides is 1. The van der Waals surface area contributed by atoms with Crippen molar-refractivity contribution in [2.75, 3.05) is 13.1 Å². The van der Waals surface area contributed by atoms with Gasteiger partial charge in [0.05, 0.1) is 11.3 Å². The first-order chi connectivity index (χ1) is 15.3. The van der Waals surface area contributed by atoms with E-state index >= 15 is 0 Å². The van der Waals surface area contributed by atoms with Gasteiger partial charge in [-0.1, -0.05) is 69.9 Å². The Bertz CT molecular complexity index is 996. The number of carbonyl (C=O) groups is 2. The van der Waals surface area contributed by atoms with Gasteiger partial charge in [0.25, 0.3) is 0 Å². The van der Waals surface area contributed by atoms with Crippen LogP contribution in [0.25, 0.3) is 10.8 Å². The van der Waals surface area contributed by atoms with Crippen LogP contribution in [0.4, 0.5) is 0 Å². The van der Waals surface area contributed by atoms with Crippen LogP contribution in [0.1, 0.15) is 58.8 Å². The Morgan fingerprint density at radius 3 is 2.09 bits per heavy atom. The van der Waals surface area contributed by atoms with E-state index < -0.39 is 34.4 Å². The molecule has 0 saturated carbocycles. The average Bonchev–Trinajstić information content (AvgIpc) is 2.76. The Balaban J connectivity index is 2.26. The molecule has 0 bridgehead atoms. The number of carboxylic acids is 1. The van der Waals surface area contributed by atoms with E-state index in [0.29, 0.717) is 13.1 Å². The summed E-state index contributed by atoms with van der Waals surface area (Å²) < 4.78 is 28.4. The SMILES string of the molecule is CCCCCN(CCCCC)C(=O)[C@@H](CC(=O)O)NS(=O)(=O)c1ccc2ccccc2c1. The highest BCUT2D eigenvalue weighted by atomic mass is 32.2. The van der Waals surface area contributed by atoms with E-state index in [9.17, 15) is 23.1 Å². The predicted octanol–water partition coefficient (Wildman–Crippen LogP) is 4.17. The molecule has 0 fully saturated rings. The normalized spacial score (nSPS) is 12.6. The Morgan fingerprint density at radius 1 is 0.938 bits per heavy atom. The zero-order chi connectivity index (χ0) is 23.6. The second kappa shape index (κ2) is 12.6. The lowest BCUT2D eigenvalue weighted by molar-refractivity contribution is -0.142. The molecule has 0 aromatic heterocycles. The molecular formula is C24H34N2O5S. The lowest BCUT2D eigenvalue weighted by Crippen LogP contribution is -2.50. The molecule has 0 saturated heterocycles. The van der Waals surface area contributed by atoms with E-state index in [4.69, 9.17) is 0 Å². The van der Waals surface area contributed by atoms with Crippen molar-refractivity contribution in [2.45, 2.75) is 69.7 Å². The number of amides is 1. The number of fused-ring (bicyclic) bond motifs is 1. The largest absolute Gasteiger partial charge is 0.481 e. The zero-order valence-corrected chi connectivity index (χ0v) is 19.7. The van der Waals surface area contributed by atoms with Crippen LogP contribution in [0.15, 0.2) is 47.4 Å². The zero-order valence-electron chi connectivity index (χ0n) is 18.9. The van der Waals surface area contributed by atoms with Crippen LogP contribution in [-0.4, -0.2) is 49.4 Å². The topological polar surface area (TPSA) is 104 Å². The smallest absolute Gasteiger partial charge is 0.305 e. The molecular weight excluding hydrogens is 428 g/mol. The third kappa shape index (κ3) is 7.60. The van der Waals surface area contributed by atoms with Crippen molar-refractivity contribution >= 4 is 32.7 Å². The van der Waals surface area contributed by atoms with Crippen LogP contribution in [0.5, 0.6) is 0 Å². The van der Waals surface area contributed by atoms with E-state index in [1.165, 1.54) is 12.1 Å². The lowest BCUT2D eigenvalue weighted by Gasteiger charge is -2.27. The minimum atomic E-state index is -4.09. The number of aliphatic carboxylic acids is 1. The van der Waals surface area contributed by atoms with Crippen molar-refractivity contribution in [3.8, 4) is 0 Å². The molecule has 0 aliphatic carbocycles. The van der Waals surface area contributed by atoms with Gasteiger partial charge < -0.3 is 10.0 Å². The van der Waals surface area contributed by atoms with Crippen molar-refractivity contribution in [1.29, 1.82) is 0 Å². The van der Waals surface area contributed by atoms with Crippen LogP contribution < -0.4 is 4.72 Å². The van der Waals surface area contributed by atoms with E-state index in [1.807, 2.05) is 18.2 Å². The van der Waals surface area contributed by atoms with E-state index in [2.05, 4.69) is 18.6 Å². The first kappa shape index (κ1) is 25.8.